The fourth-order valence-corrected chi connectivity index (χ4v) is 1.73. The Morgan fingerprint density at radius 2 is 1.68 bits per heavy atom. The zero-order chi connectivity index (χ0) is 13.8. The minimum Gasteiger partial charge on any atom is -0.382 e. The van der Waals surface area contributed by atoms with E-state index in [0.717, 1.165) is 45.9 Å². The second-order valence-electron chi connectivity index (χ2n) is 4.25. The predicted octanol–water partition coefficient (Wildman–Crippen LogP) is 1.26. The van der Waals surface area contributed by atoms with Gasteiger partial charge in [0.15, 0.2) is 0 Å². The number of hydrogen-bond donors (Lipinski definition) is 0. The maximum Gasteiger partial charge on any atom is 0.243 e. The van der Waals surface area contributed by atoms with Crippen LogP contribution in [0.3, 0.4) is 0 Å². The molecule has 1 heterocycles. The lowest BCUT2D eigenvalue weighted by atomic mass is 10.4. The van der Waals surface area contributed by atoms with E-state index in [4.69, 9.17) is 14.2 Å². The lowest BCUT2D eigenvalue weighted by Crippen LogP contribution is -2.31. The molecule has 0 saturated carbocycles. The molecule has 110 valence electrons. The summed E-state index contributed by atoms with van der Waals surface area (Å²) in [5.41, 5.74) is 0. The van der Waals surface area contributed by atoms with Crippen molar-refractivity contribution in [1.82, 2.24) is 4.57 Å². The summed E-state index contributed by atoms with van der Waals surface area (Å²) in [4.78, 5) is 0. The molecule has 0 atom stereocenters. The second kappa shape index (κ2) is 11.0. The molecular weight excluding hydrogens is 244 g/mol. The molecule has 1 aromatic heterocycles. The fraction of sp³-hybridized carbons (Fsp3) is 0.786. The van der Waals surface area contributed by atoms with Gasteiger partial charge in [0.05, 0.1) is 33.0 Å². The third-order valence-corrected chi connectivity index (χ3v) is 2.73. The minimum absolute atomic E-state index is 0.670. The molecule has 5 nitrogen and oxygen atoms in total. The molecule has 0 bridgehead atoms. The van der Waals surface area contributed by atoms with E-state index in [9.17, 15) is 0 Å². The van der Waals surface area contributed by atoms with Crippen LogP contribution in [0.4, 0.5) is 0 Å². The number of nitrogens with zero attached hydrogens (tertiary/aromatic N) is 2. The normalized spacial score (nSPS) is 11.1. The van der Waals surface area contributed by atoms with Gasteiger partial charge in [-0.25, -0.2) is 9.13 Å². The lowest BCUT2D eigenvalue weighted by molar-refractivity contribution is -0.697. The highest BCUT2D eigenvalue weighted by atomic mass is 16.5. The first-order valence-electron chi connectivity index (χ1n) is 7.14. The summed E-state index contributed by atoms with van der Waals surface area (Å²) in [6.45, 7) is 10.3. The molecule has 0 aliphatic heterocycles. The van der Waals surface area contributed by atoms with Crippen molar-refractivity contribution < 1.29 is 18.8 Å². The van der Waals surface area contributed by atoms with Crippen molar-refractivity contribution in [2.75, 3.05) is 39.6 Å². The van der Waals surface area contributed by atoms with Crippen molar-refractivity contribution in [2.24, 2.45) is 0 Å². The number of ether oxygens (including phenoxy) is 3. The van der Waals surface area contributed by atoms with Crippen LogP contribution >= 0.6 is 0 Å². The smallest absolute Gasteiger partial charge is 0.243 e. The minimum atomic E-state index is 0.670. The van der Waals surface area contributed by atoms with Crippen LogP contribution in [0.25, 0.3) is 0 Å². The predicted molar refractivity (Wildman–Crippen MR) is 73.0 cm³/mol. The topological polar surface area (TPSA) is 36.5 Å². The molecule has 5 heteroatoms. The number of aryl methyl sites for hydroxylation is 1. The van der Waals surface area contributed by atoms with Crippen LogP contribution in [0, 0.1) is 0 Å². The van der Waals surface area contributed by atoms with Gasteiger partial charge in [0.25, 0.3) is 0 Å². The standard InChI is InChI=1S/C14H27N2O3/c1-3-17-10-5-6-15-7-8-16(14-15)9-11-19-13-12-18-4-2/h7-8,14H,3-6,9-13H2,1-2H3/q+1. The van der Waals surface area contributed by atoms with E-state index in [0.29, 0.717) is 13.2 Å². The van der Waals surface area contributed by atoms with Gasteiger partial charge in [0, 0.05) is 19.6 Å². The molecule has 19 heavy (non-hydrogen) atoms. The highest BCUT2D eigenvalue weighted by molar-refractivity contribution is 4.65. The Hall–Kier alpha value is -0.910. The van der Waals surface area contributed by atoms with Gasteiger partial charge >= 0.3 is 0 Å². The van der Waals surface area contributed by atoms with Gasteiger partial charge in [-0.2, -0.15) is 0 Å². The van der Waals surface area contributed by atoms with Gasteiger partial charge in [0.2, 0.25) is 6.33 Å². The molecule has 1 rings (SSSR count). The van der Waals surface area contributed by atoms with E-state index in [1.807, 2.05) is 13.8 Å². The number of hydrogen-bond acceptors (Lipinski definition) is 3. The highest BCUT2D eigenvalue weighted by Gasteiger charge is 2.03. The molecule has 1 aromatic rings. The third kappa shape index (κ3) is 7.97. The molecule has 0 aliphatic carbocycles. The zero-order valence-electron chi connectivity index (χ0n) is 12.2. The maximum absolute atomic E-state index is 5.49. The molecule has 0 aliphatic rings. The molecule has 0 unspecified atom stereocenters. The number of rotatable bonds is 12. The summed E-state index contributed by atoms with van der Waals surface area (Å²) in [5.74, 6) is 0. The first-order valence-corrected chi connectivity index (χ1v) is 7.14. The molecular formula is C14H27N2O3+. The van der Waals surface area contributed by atoms with Gasteiger partial charge in [-0.1, -0.05) is 0 Å². The average molecular weight is 271 g/mol. The van der Waals surface area contributed by atoms with Crippen LogP contribution in [0.1, 0.15) is 20.3 Å². The van der Waals surface area contributed by atoms with Gasteiger partial charge in [-0.3, -0.25) is 0 Å². The summed E-state index contributed by atoms with van der Waals surface area (Å²) in [6, 6.07) is 0. The lowest BCUT2D eigenvalue weighted by Gasteiger charge is -2.02. The summed E-state index contributed by atoms with van der Waals surface area (Å²) in [5, 5.41) is 0. The summed E-state index contributed by atoms with van der Waals surface area (Å²) >= 11 is 0. The highest BCUT2D eigenvalue weighted by Crippen LogP contribution is 1.89. The first-order chi connectivity index (χ1) is 9.36. The van der Waals surface area contributed by atoms with Crippen molar-refractivity contribution in [3.05, 3.63) is 18.7 Å². The Bertz CT molecular complexity index is 315. The van der Waals surface area contributed by atoms with E-state index in [2.05, 4.69) is 27.9 Å². The van der Waals surface area contributed by atoms with Gasteiger partial charge < -0.3 is 14.2 Å². The Labute approximate surface area is 116 Å². The van der Waals surface area contributed by atoms with Crippen LogP contribution in [0.15, 0.2) is 18.7 Å². The second-order valence-corrected chi connectivity index (χ2v) is 4.25. The fourth-order valence-electron chi connectivity index (χ4n) is 1.73. The van der Waals surface area contributed by atoms with Crippen molar-refractivity contribution in [2.45, 2.75) is 33.4 Å². The van der Waals surface area contributed by atoms with E-state index in [-0.39, 0.29) is 0 Å². The van der Waals surface area contributed by atoms with Gasteiger partial charge in [0.1, 0.15) is 18.9 Å². The van der Waals surface area contributed by atoms with E-state index < -0.39 is 0 Å². The number of aromatic nitrogens is 2. The summed E-state index contributed by atoms with van der Waals surface area (Å²) in [6.07, 6.45) is 7.32. The van der Waals surface area contributed by atoms with Crippen LogP contribution in [0.2, 0.25) is 0 Å². The Kier molecular flexibility index (Phi) is 9.32. The summed E-state index contributed by atoms with van der Waals surface area (Å²) in [7, 11) is 0. The van der Waals surface area contributed by atoms with Crippen molar-refractivity contribution >= 4 is 0 Å². The Balaban J connectivity index is 2.06. The van der Waals surface area contributed by atoms with Crippen LogP contribution in [-0.4, -0.2) is 44.2 Å². The third-order valence-electron chi connectivity index (χ3n) is 2.73. The largest absolute Gasteiger partial charge is 0.382 e. The van der Waals surface area contributed by atoms with E-state index in [1.54, 1.807) is 0 Å². The van der Waals surface area contributed by atoms with Crippen molar-refractivity contribution in [3.8, 4) is 0 Å². The van der Waals surface area contributed by atoms with Gasteiger partial charge in [-0.05, 0) is 13.8 Å². The van der Waals surface area contributed by atoms with Gasteiger partial charge in [-0.15, -0.1) is 0 Å². The van der Waals surface area contributed by atoms with Crippen molar-refractivity contribution in [1.29, 1.82) is 0 Å². The molecule has 0 N–H and O–H groups in total. The Morgan fingerprint density at radius 1 is 0.947 bits per heavy atom. The van der Waals surface area contributed by atoms with E-state index >= 15 is 0 Å². The monoisotopic (exact) mass is 271 g/mol. The van der Waals surface area contributed by atoms with Crippen molar-refractivity contribution in [3.63, 3.8) is 0 Å². The molecule has 0 aromatic carbocycles. The molecule has 0 amide bonds. The molecule has 0 radical (unpaired) electrons. The molecule has 0 fully saturated rings. The average Bonchev–Trinajstić information content (AvgIpc) is 2.87. The quantitative estimate of drug-likeness (QED) is 0.424. The SMILES string of the molecule is CCOCCC[n+]1ccn(CCOCCOCC)c1. The van der Waals surface area contributed by atoms with Crippen LogP contribution in [-0.2, 0) is 27.3 Å². The Morgan fingerprint density at radius 3 is 2.47 bits per heavy atom. The van der Waals surface area contributed by atoms with Crippen LogP contribution < -0.4 is 4.57 Å². The maximum atomic E-state index is 5.49. The first kappa shape index (κ1) is 16.1. The molecule has 0 saturated heterocycles. The number of imidazole rings is 1. The zero-order valence-corrected chi connectivity index (χ0v) is 12.2. The molecule has 0 spiro atoms. The van der Waals surface area contributed by atoms with E-state index in [1.165, 1.54) is 0 Å². The summed E-state index contributed by atoms with van der Waals surface area (Å²) < 4.78 is 20.3. The van der Waals surface area contributed by atoms with Crippen LogP contribution in [0.5, 0.6) is 0 Å².